The number of halogens is 1. The van der Waals surface area contributed by atoms with Crippen LogP contribution in [0.3, 0.4) is 0 Å². The minimum atomic E-state index is 0.107. The third-order valence-electron chi connectivity index (χ3n) is 5.13. The Morgan fingerprint density at radius 1 is 1.14 bits per heavy atom. The van der Waals surface area contributed by atoms with Crippen LogP contribution in [0.2, 0.25) is 5.02 Å². The summed E-state index contributed by atoms with van der Waals surface area (Å²) in [5, 5.41) is 5.86. The SMILES string of the molecule is CCCNC(=O)CCCc1c(-c2ccc3ccccc3n2)[nH]c2ccc(Cl)cc12. The molecule has 5 heteroatoms. The summed E-state index contributed by atoms with van der Waals surface area (Å²) in [6.07, 6.45) is 3.02. The smallest absolute Gasteiger partial charge is 0.220 e. The number of carbonyl (C=O) groups is 1. The number of H-pyrrole nitrogens is 1. The summed E-state index contributed by atoms with van der Waals surface area (Å²) >= 11 is 6.27. The molecule has 0 aliphatic carbocycles. The topological polar surface area (TPSA) is 57.8 Å². The van der Waals surface area contributed by atoms with E-state index < -0.39 is 0 Å². The van der Waals surface area contributed by atoms with Gasteiger partial charge in [0.25, 0.3) is 0 Å². The predicted octanol–water partition coefficient (Wildman–Crippen LogP) is 5.89. The molecule has 0 aliphatic rings. The van der Waals surface area contributed by atoms with Gasteiger partial charge in [-0.2, -0.15) is 0 Å². The summed E-state index contributed by atoms with van der Waals surface area (Å²) in [4.78, 5) is 20.4. The number of benzene rings is 2. The molecule has 0 aliphatic heterocycles. The lowest BCUT2D eigenvalue weighted by molar-refractivity contribution is -0.121. The highest BCUT2D eigenvalue weighted by Gasteiger charge is 2.15. The second-order valence-electron chi connectivity index (χ2n) is 7.26. The van der Waals surface area contributed by atoms with Gasteiger partial charge < -0.3 is 10.3 Å². The van der Waals surface area contributed by atoms with E-state index in [1.54, 1.807) is 0 Å². The molecule has 2 aromatic heterocycles. The Hall–Kier alpha value is -2.85. The molecular formula is C24H24ClN3O. The number of aromatic amines is 1. The Balaban J connectivity index is 1.69. The number of nitrogens with one attached hydrogen (secondary N) is 2. The van der Waals surface area contributed by atoms with Crippen molar-refractivity contribution >= 4 is 39.3 Å². The summed E-state index contributed by atoms with van der Waals surface area (Å²) < 4.78 is 0. The van der Waals surface area contributed by atoms with Crippen LogP contribution in [0.4, 0.5) is 0 Å². The fourth-order valence-corrected chi connectivity index (χ4v) is 3.85. The molecule has 148 valence electrons. The third-order valence-corrected chi connectivity index (χ3v) is 5.36. The van der Waals surface area contributed by atoms with E-state index in [0.29, 0.717) is 11.4 Å². The first-order chi connectivity index (χ1) is 14.2. The molecule has 29 heavy (non-hydrogen) atoms. The average Bonchev–Trinajstić information content (AvgIpc) is 3.09. The Kier molecular flexibility index (Phi) is 5.81. The molecule has 0 radical (unpaired) electrons. The number of amides is 1. The van der Waals surface area contributed by atoms with Crippen LogP contribution in [0.5, 0.6) is 0 Å². The van der Waals surface area contributed by atoms with Gasteiger partial charge in [-0.05, 0) is 55.2 Å². The van der Waals surface area contributed by atoms with Crippen LogP contribution in [-0.4, -0.2) is 22.4 Å². The van der Waals surface area contributed by atoms with Crippen molar-refractivity contribution in [1.29, 1.82) is 0 Å². The number of fused-ring (bicyclic) bond motifs is 2. The van der Waals surface area contributed by atoms with Crippen LogP contribution in [0.15, 0.2) is 54.6 Å². The van der Waals surface area contributed by atoms with Crippen LogP contribution in [0.25, 0.3) is 33.2 Å². The number of hydrogen-bond donors (Lipinski definition) is 2. The number of carbonyl (C=O) groups excluding carboxylic acids is 1. The summed E-state index contributed by atoms with van der Waals surface area (Å²) in [6.45, 7) is 2.78. The summed E-state index contributed by atoms with van der Waals surface area (Å²) in [5.41, 5.74) is 5.06. The quantitative estimate of drug-likeness (QED) is 0.403. The Morgan fingerprint density at radius 2 is 2.00 bits per heavy atom. The van der Waals surface area contributed by atoms with E-state index in [-0.39, 0.29) is 5.91 Å². The molecule has 2 aromatic carbocycles. The molecule has 0 saturated carbocycles. The maximum Gasteiger partial charge on any atom is 0.220 e. The fourth-order valence-electron chi connectivity index (χ4n) is 3.68. The minimum absolute atomic E-state index is 0.107. The minimum Gasteiger partial charge on any atom is -0.356 e. The molecule has 2 heterocycles. The number of pyridine rings is 1. The van der Waals surface area contributed by atoms with Crippen molar-refractivity contribution in [2.45, 2.75) is 32.6 Å². The first-order valence-electron chi connectivity index (χ1n) is 10.1. The van der Waals surface area contributed by atoms with Crippen LogP contribution in [0, 0.1) is 0 Å². The molecule has 4 rings (SSSR count). The number of para-hydroxylation sites is 1. The average molecular weight is 406 g/mol. The molecular weight excluding hydrogens is 382 g/mol. The molecule has 0 saturated heterocycles. The second kappa shape index (κ2) is 8.66. The van der Waals surface area contributed by atoms with Crippen LogP contribution in [0.1, 0.15) is 31.7 Å². The summed E-state index contributed by atoms with van der Waals surface area (Å²) in [7, 11) is 0. The van der Waals surface area contributed by atoms with E-state index in [0.717, 1.165) is 64.6 Å². The van der Waals surface area contributed by atoms with Gasteiger partial charge >= 0.3 is 0 Å². The normalized spacial score (nSPS) is 11.2. The number of aromatic nitrogens is 2. The van der Waals surface area contributed by atoms with E-state index in [1.165, 1.54) is 0 Å². The van der Waals surface area contributed by atoms with Crippen LogP contribution < -0.4 is 5.32 Å². The van der Waals surface area contributed by atoms with Crippen molar-refractivity contribution in [2.24, 2.45) is 0 Å². The van der Waals surface area contributed by atoms with E-state index in [9.17, 15) is 4.79 Å². The lowest BCUT2D eigenvalue weighted by Gasteiger charge is -2.07. The molecule has 0 unspecified atom stereocenters. The fraction of sp³-hybridized carbons (Fsp3) is 0.250. The molecule has 4 aromatic rings. The molecule has 4 nitrogen and oxygen atoms in total. The van der Waals surface area contributed by atoms with E-state index in [2.05, 4.69) is 29.4 Å². The van der Waals surface area contributed by atoms with Gasteiger partial charge in [-0.15, -0.1) is 0 Å². The van der Waals surface area contributed by atoms with Gasteiger partial charge in [0.05, 0.1) is 16.9 Å². The van der Waals surface area contributed by atoms with Crippen LogP contribution in [-0.2, 0) is 11.2 Å². The van der Waals surface area contributed by atoms with E-state index in [1.807, 2.05) is 42.5 Å². The van der Waals surface area contributed by atoms with E-state index >= 15 is 0 Å². The van der Waals surface area contributed by atoms with Crippen molar-refractivity contribution in [3.8, 4) is 11.4 Å². The number of rotatable bonds is 7. The molecule has 0 atom stereocenters. The largest absolute Gasteiger partial charge is 0.356 e. The lowest BCUT2D eigenvalue weighted by Crippen LogP contribution is -2.23. The van der Waals surface area contributed by atoms with Gasteiger partial charge in [-0.25, -0.2) is 4.98 Å². The zero-order valence-corrected chi connectivity index (χ0v) is 17.2. The molecule has 0 spiro atoms. The maximum absolute atomic E-state index is 12.0. The van der Waals surface area contributed by atoms with Gasteiger partial charge in [0.2, 0.25) is 5.91 Å². The summed E-state index contributed by atoms with van der Waals surface area (Å²) in [6, 6.07) is 18.1. The van der Waals surface area contributed by atoms with Gasteiger partial charge in [0.15, 0.2) is 0 Å². The van der Waals surface area contributed by atoms with Gasteiger partial charge in [-0.1, -0.05) is 42.8 Å². The van der Waals surface area contributed by atoms with Gasteiger partial charge in [0.1, 0.15) is 0 Å². The monoisotopic (exact) mass is 405 g/mol. The highest BCUT2D eigenvalue weighted by Crippen LogP contribution is 2.33. The van der Waals surface area contributed by atoms with Crippen molar-refractivity contribution in [3.63, 3.8) is 0 Å². The predicted molar refractivity (Wildman–Crippen MR) is 120 cm³/mol. The number of aryl methyl sites for hydroxylation is 1. The Morgan fingerprint density at radius 3 is 2.86 bits per heavy atom. The highest BCUT2D eigenvalue weighted by molar-refractivity contribution is 6.31. The first-order valence-corrected chi connectivity index (χ1v) is 10.5. The molecule has 0 bridgehead atoms. The van der Waals surface area contributed by atoms with E-state index in [4.69, 9.17) is 16.6 Å². The third kappa shape index (κ3) is 4.28. The Labute approximate surface area is 175 Å². The molecule has 1 amide bonds. The van der Waals surface area contributed by atoms with Crippen LogP contribution >= 0.6 is 11.6 Å². The standard InChI is InChI=1S/C24H24ClN3O/c1-2-14-26-23(29)9-5-7-18-19-15-17(25)11-13-21(19)28-24(18)22-12-10-16-6-3-4-8-20(16)27-22/h3-4,6,8,10-13,15,28H,2,5,7,9,14H2,1H3,(H,26,29). The zero-order chi connectivity index (χ0) is 20.2. The van der Waals surface area contributed by atoms with Crippen molar-refractivity contribution in [3.05, 3.63) is 65.2 Å². The molecule has 0 fully saturated rings. The lowest BCUT2D eigenvalue weighted by atomic mass is 10.0. The maximum atomic E-state index is 12.0. The summed E-state index contributed by atoms with van der Waals surface area (Å²) in [5.74, 6) is 0.107. The van der Waals surface area contributed by atoms with Crippen molar-refractivity contribution < 1.29 is 4.79 Å². The number of nitrogens with zero attached hydrogens (tertiary/aromatic N) is 1. The first kappa shape index (κ1) is 19.5. The second-order valence-corrected chi connectivity index (χ2v) is 7.70. The van der Waals surface area contributed by atoms with Crippen molar-refractivity contribution in [1.82, 2.24) is 15.3 Å². The van der Waals surface area contributed by atoms with Crippen molar-refractivity contribution in [2.75, 3.05) is 6.54 Å². The van der Waals surface area contributed by atoms with Gasteiger partial charge in [0, 0.05) is 34.3 Å². The number of hydrogen-bond acceptors (Lipinski definition) is 2. The molecule has 2 N–H and O–H groups in total. The highest BCUT2D eigenvalue weighted by atomic mass is 35.5. The zero-order valence-electron chi connectivity index (χ0n) is 16.5. The van der Waals surface area contributed by atoms with Gasteiger partial charge in [-0.3, -0.25) is 4.79 Å². The Bertz CT molecular complexity index is 1170.